The van der Waals surface area contributed by atoms with E-state index in [0.29, 0.717) is 24.6 Å². The average Bonchev–Trinajstić information content (AvgIpc) is 2.90. The molecule has 7 atom stereocenters. The van der Waals surface area contributed by atoms with Crippen molar-refractivity contribution in [3.8, 4) is 0 Å². The third kappa shape index (κ3) is 14.2. The molecule has 7 heteroatoms. The van der Waals surface area contributed by atoms with E-state index in [0.717, 1.165) is 23.1 Å². The molecule has 41 heavy (non-hydrogen) atoms. The molecule has 3 N–H and O–H groups in total. The Morgan fingerprint density at radius 1 is 1.12 bits per heavy atom. The topological polar surface area (TPSA) is 97.8 Å². The number of hydrogen-bond donors (Lipinski definition) is 4. The Morgan fingerprint density at radius 3 is 2.44 bits per heavy atom. The molecule has 228 valence electrons. The van der Waals surface area contributed by atoms with Crippen LogP contribution in [0.1, 0.15) is 68.2 Å². The van der Waals surface area contributed by atoms with E-state index in [1.807, 2.05) is 71.9 Å². The molecule has 0 saturated carbocycles. The largest absolute Gasteiger partial charge is 0.460 e. The second-order valence-electron chi connectivity index (χ2n) is 11.6. The summed E-state index contributed by atoms with van der Waals surface area (Å²) in [5.41, 5.74) is 3.04. The second-order valence-corrected chi connectivity index (χ2v) is 12.0. The monoisotopic (exact) mass is 586 g/mol. The van der Waals surface area contributed by atoms with Gasteiger partial charge in [0.05, 0.1) is 6.10 Å². The molecule has 1 rings (SSSR count). The Labute approximate surface area is 253 Å². The normalized spacial score (nSPS) is 23.0. The average molecular weight is 587 g/mol. The number of hydrogen-bond acceptors (Lipinski definition) is 5. The van der Waals surface area contributed by atoms with Crippen LogP contribution in [0.5, 0.6) is 0 Å². The minimum Gasteiger partial charge on any atom is -0.460 e. The molecular weight excluding hydrogens is 534 g/mol. The fourth-order valence-corrected chi connectivity index (χ4v) is 5.00. The van der Waals surface area contributed by atoms with E-state index in [-0.39, 0.29) is 41.5 Å². The summed E-state index contributed by atoms with van der Waals surface area (Å²) in [6.07, 6.45) is 17.7. The first-order chi connectivity index (χ1) is 19.2. The SMILES string of the molecule is CC(=C/[C@H](C)C/C=C/C(C)=C/[C@@H](C)C(=O)[C@@H](C)[C@H](O)[C@@H](C)C/C(C)=C/C(O)=[NH+]CCS)/C=C/[C@@H]1OC(=O)C=C[C@@H]1C. The molecule has 0 bridgehead atoms. The summed E-state index contributed by atoms with van der Waals surface area (Å²) < 4.78 is 5.36. The van der Waals surface area contributed by atoms with Crippen LogP contribution >= 0.6 is 12.6 Å². The highest BCUT2D eigenvalue weighted by atomic mass is 32.1. The number of aliphatic hydroxyl groups excluding tert-OH is 2. The zero-order valence-corrected chi connectivity index (χ0v) is 27.0. The first-order valence-corrected chi connectivity index (χ1v) is 15.3. The molecule has 0 radical (unpaired) electrons. The predicted molar refractivity (Wildman–Crippen MR) is 172 cm³/mol. The van der Waals surface area contributed by atoms with Crippen molar-refractivity contribution in [2.24, 2.45) is 29.6 Å². The van der Waals surface area contributed by atoms with Crippen molar-refractivity contribution < 1.29 is 29.5 Å². The van der Waals surface area contributed by atoms with E-state index < -0.39 is 12.0 Å². The molecule has 0 unspecified atom stereocenters. The number of allylic oxidation sites excluding steroid dienone is 8. The van der Waals surface area contributed by atoms with Crippen molar-refractivity contribution in [1.82, 2.24) is 0 Å². The van der Waals surface area contributed by atoms with Crippen LogP contribution in [-0.2, 0) is 14.3 Å². The van der Waals surface area contributed by atoms with Crippen LogP contribution in [0.2, 0.25) is 0 Å². The molecule has 1 heterocycles. The van der Waals surface area contributed by atoms with Gasteiger partial charge in [0.15, 0.2) is 6.54 Å². The number of rotatable bonds is 16. The van der Waals surface area contributed by atoms with Crippen molar-refractivity contribution in [2.45, 2.75) is 80.4 Å². The summed E-state index contributed by atoms with van der Waals surface area (Å²) in [5.74, 6) is -0.0646. The van der Waals surface area contributed by atoms with Gasteiger partial charge in [-0.1, -0.05) is 87.8 Å². The van der Waals surface area contributed by atoms with Gasteiger partial charge < -0.3 is 14.9 Å². The number of carbonyl (C=O) groups excluding carboxylic acids is 2. The minimum atomic E-state index is -0.778. The molecule has 0 aromatic rings. The van der Waals surface area contributed by atoms with Gasteiger partial charge in [-0.25, -0.2) is 9.79 Å². The molecule has 6 nitrogen and oxygen atoms in total. The fourth-order valence-electron chi connectivity index (χ4n) is 4.89. The Morgan fingerprint density at radius 2 is 1.78 bits per heavy atom. The third-order valence-electron chi connectivity index (χ3n) is 7.24. The highest BCUT2D eigenvalue weighted by Crippen LogP contribution is 2.24. The third-order valence-corrected chi connectivity index (χ3v) is 7.47. The summed E-state index contributed by atoms with van der Waals surface area (Å²) >= 11 is 4.11. The zero-order chi connectivity index (χ0) is 31.1. The van der Waals surface area contributed by atoms with Crippen LogP contribution in [0.4, 0.5) is 0 Å². The van der Waals surface area contributed by atoms with Crippen LogP contribution < -0.4 is 4.99 Å². The number of thiol groups is 1. The smallest absolute Gasteiger partial charge is 0.358 e. The lowest BCUT2D eigenvalue weighted by Gasteiger charge is -2.25. The van der Waals surface area contributed by atoms with Crippen LogP contribution in [0.3, 0.4) is 0 Å². The molecule has 0 aliphatic carbocycles. The fraction of sp³-hybridized carbons (Fsp3) is 0.559. The maximum Gasteiger partial charge on any atom is 0.358 e. The van der Waals surface area contributed by atoms with Gasteiger partial charge in [-0.2, -0.15) is 12.6 Å². The van der Waals surface area contributed by atoms with Crippen LogP contribution in [-0.4, -0.2) is 52.4 Å². The molecule has 1 aliphatic heterocycles. The van der Waals surface area contributed by atoms with Gasteiger partial charge in [0, 0.05) is 35.7 Å². The highest BCUT2D eigenvalue weighted by Gasteiger charge is 2.29. The number of aliphatic hydroxyl groups is 2. The van der Waals surface area contributed by atoms with E-state index >= 15 is 0 Å². The first kappa shape index (κ1) is 36.4. The molecule has 0 fully saturated rings. The lowest BCUT2D eigenvalue weighted by molar-refractivity contribution is -0.459. The summed E-state index contributed by atoms with van der Waals surface area (Å²) in [7, 11) is 0. The van der Waals surface area contributed by atoms with Crippen molar-refractivity contribution >= 4 is 30.3 Å². The summed E-state index contributed by atoms with van der Waals surface area (Å²) in [6, 6.07) is 0. The molecule has 0 saturated heterocycles. The van der Waals surface area contributed by atoms with Crippen molar-refractivity contribution in [2.75, 3.05) is 12.3 Å². The predicted octanol–water partition coefficient (Wildman–Crippen LogP) is 5.28. The molecule has 0 aromatic heterocycles. The summed E-state index contributed by atoms with van der Waals surface area (Å²) in [6.45, 7) is 16.3. The maximum atomic E-state index is 13.1. The van der Waals surface area contributed by atoms with Crippen LogP contribution in [0.25, 0.3) is 0 Å². The summed E-state index contributed by atoms with van der Waals surface area (Å²) in [4.78, 5) is 27.4. The molecular formula is C34H52NO5S+. The standard InChI is InChI=1S/C34H51NO5S/c1-22(18-24(3)12-14-30-26(5)13-15-32(37)40-30)10-9-11-23(2)19-27(6)33(38)29(8)34(39)28(7)20-25(4)21-31(36)35-16-17-41/h9,11-15,18-19,21-22,26-30,34,39,41H,10,16-17,20H2,1-8H3,(H,35,36)/p+1/b11-9+,14-12+,23-19+,24-18-,25-21+/t22-,26+,27-,28+,29-,30+,34-/m1/s1. The first-order valence-electron chi connectivity index (χ1n) is 14.6. The molecule has 0 amide bonds. The molecule has 1 aliphatic rings. The van der Waals surface area contributed by atoms with E-state index in [2.05, 4.69) is 36.7 Å². The van der Waals surface area contributed by atoms with Gasteiger partial charge in [-0.05, 0) is 51.5 Å². The van der Waals surface area contributed by atoms with E-state index in [4.69, 9.17) is 4.74 Å². The lowest BCUT2D eigenvalue weighted by atomic mass is 9.83. The van der Waals surface area contributed by atoms with Gasteiger partial charge >= 0.3 is 11.9 Å². The van der Waals surface area contributed by atoms with Gasteiger partial charge in [-0.3, -0.25) is 4.79 Å². The maximum absolute atomic E-state index is 13.1. The van der Waals surface area contributed by atoms with Crippen molar-refractivity contribution in [3.05, 3.63) is 71.4 Å². The number of ketones is 1. The summed E-state index contributed by atoms with van der Waals surface area (Å²) in [5, 5.41) is 20.8. The van der Waals surface area contributed by atoms with Gasteiger partial charge in [-0.15, -0.1) is 0 Å². The van der Waals surface area contributed by atoms with E-state index in [1.54, 1.807) is 13.0 Å². The lowest BCUT2D eigenvalue weighted by Crippen LogP contribution is -2.73. The number of Topliss-reactive ketones (excluding diaryl/α,β-unsaturated/α-hetero) is 1. The number of cyclic esters (lactones) is 1. The van der Waals surface area contributed by atoms with E-state index in [1.165, 1.54) is 6.08 Å². The van der Waals surface area contributed by atoms with Crippen LogP contribution in [0.15, 0.2) is 71.4 Å². The van der Waals surface area contributed by atoms with Gasteiger partial charge in [0.1, 0.15) is 11.9 Å². The van der Waals surface area contributed by atoms with Gasteiger partial charge in [0.2, 0.25) is 0 Å². The Balaban J connectivity index is 2.64. The Kier molecular flexibility index (Phi) is 16.6. The van der Waals surface area contributed by atoms with E-state index in [9.17, 15) is 19.8 Å². The molecule has 0 spiro atoms. The number of nitrogens with one attached hydrogen (secondary N) is 1. The Hall–Kier alpha value is -2.64. The van der Waals surface area contributed by atoms with Crippen molar-refractivity contribution in [3.63, 3.8) is 0 Å². The molecule has 0 aromatic carbocycles. The van der Waals surface area contributed by atoms with Crippen LogP contribution in [0, 0.1) is 29.6 Å². The van der Waals surface area contributed by atoms with Crippen molar-refractivity contribution in [1.29, 1.82) is 0 Å². The Bertz CT molecular complexity index is 1080. The quantitative estimate of drug-likeness (QED) is 0.0649. The highest BCUT2D eigenvalue weighted by molar-refractivity contribution is 7.80. The zero-order valence-electron chi connectivity index (χ0n) is 26.1. The number of carbonyl (C=O) groups is 2. The number of esters is 1. The minimum absolute atomic E-state index is 0.00996. The second kappa shape index (κ2) is 18.7. The van der Waals surface area contributed by atoms with Gasteiger partial charge in [0.25, 0.3) is 0 Å². The number of ether oxygens (including phenoxy) is 1.